The molecule has 2 rings (SSSR count). The van der Waals surface area contributed by atoms with E-state index in [0.717, 1.165) is 26.2 Å². The summed E-state index contributed by atoms with van der Waals surface area (Å²) in [5.74, 6) is 5.58. The van der Waals surface area contributed by atoms with E-state index < -0.39 is 0 Å². The zero-order chi connectivity index (χ0) is 13.8. The number of hydrogen-bond donors (Lipinski definition) is 2. The van der Waals surface area contributed by atoms with Gasteiger partial charge in [-0.05, 0) is 13.8 Å². The van der Waals surface area contributed by atoms with Crippen LogP contribution in [-0.4, -0.2) is 57.9 Å². The number of hydrogen-bond acceptors (Lipinski definition) is 6. The Morgan fingerprint density at radius 1 is 1.26 bits per heavy atom. The summed E-state index contributed by atoms with van der Waals surface area (Å²) in [6.07, 6.45) is 2.91. The van der Waals surface area contributed by atoms with Crippen molar-refractivity contribution in [1.82, 2.24) is 19.8 Å². The van der Waals surface area contributed by atoms with Crippen LogP contribution in [0.3, 0.4) is 0 Å². The van der Waals surface area contributed by atoms with Crippen LogP contribution in [0.1, 0.15) is 24.3 Å². The van der Waals surface area contributed by atoms with E-state index in [1.807, 2.05) is 4.90 Å². The van der Waals surface area contributed by atoms with Crippen molar-refractivity contribution in [2.24, 2.45) is 5.84 Å². The number of piperazine rings is 1. The molecule has 0 saturated carbocycles. The number of rotatable bonds is 3. The minimum absolute atomic E-state index is 0.0699. The van der Waals surface area contributed by atoms with Gasteiger partial charge in [0.2, 0.25) is 0 Å². The van der Waals surface area contributed by atoms with E-state index in [9.17, 15) is 4.79 Å². The first kappa shape index (κ1) is 13.7. The molecule has 1 aromatic heterocycles. The summed E-state index contributed by atoms with van der Waals surface area (Å²) in [6.45, 7) is 7.60. The van der Waals surface area contributed by atoms with E-state index >= 15 is 0 Å². The third kappa shape index (κ3) is 3.18. The first-order chi connectivity index (χ1) is 9.11. The summed E-state index contributed by atoms with van der Waals surface area (Å²) in [5.41, 5.74) is 2.74. The van der Waals surface area contributed by atoms with Gasteiger partial charge in [-0.2, -0.15) is 0 Å². The molecule has 0 radical (unpaired) electrons. The summed E-state index contributed by atoms with van der Waals surface area (Å²) in [5, 5.41) is 0. The molecular formula is C12H20N6O. The Kier molecular flexibility index (Phi) is 4.28. The Bertz CT molecular complexity index is 424. The highest BCUT2D eigenvalue weighted by Crippen LogP contribution is 2.09. The average molecular weight is 264 g/mol. The van der Waals surface area contributed by atoms with Crippen LogP contribution in [-0.2, 0) is 0 Å². The molecule has 2 heterocycles. The van der Waals surface area contributed by atoms with Crippen LogP contribution in [0.15, 0.2) is 12.4 Å². The standard InChI is InChI=1S/C12H20N6O/c1-9(2)17-3-5-18(6-4-17)12(19)10-7-15-11(16-13)8-14-10/h7-9H,3-6,13H2,1-2H3,(H,15,16). The number of carbonyl (C=O) groups excluding carboxylic acids is 1. The molecule has 7 heteroatoms. The van der Waals surface area contributed by atoms with Gasteiger partial charge in [-0.15, -0.1) is 0 Å². The fourth-order valence-corrected chi connectivity index (χ4v) is 2.12. The van der Waals surface area contributed by atoms with Gasteiger partial charge in [0, 0.05) is 32.2 Å². The molecule has 0 atom stereocenters. The summed E-state index contributed by atoms with van der Waals surface area (Å²) < 4.78 is 0. The highest BCUT2D eigenvalue weighted by Gasteiger charge is 2.24. The first-order valence-corrected chi connectivity index (χ1v) is 6.44. The molecule has 0 unspecified atom stereocenters. The average Bonchev–Trinajstić information content (AvgIpc) is 2.46. The number of nitrogens with two attached hydrogens (primary N) is 1. The summed E-state index contributed by atoms with van der Waals surface area (Å²) in [6, 6.07) is 0.520. The van der Waals surface area contributed by atoms with E-state index in [-0.39, 0.29) is 5.91 Å². The number of amides is 1. The molecule has 3 N–H and O–H groups in total. The SMILES string of the molecule is CC(C)N1CCN(C(=O)c2cnc(NN)cn2)CC1. The van der Waals surface area contributed by atoms with Gasteiger partial charge < -0.3 is 10.3 Å². The second kappa shape index (κ2) is 5.94. The highest BCUT2D eigenvalue weighted by atomic mass is 16.2. The highest BCUT2D eigenvalue weighted by molar-refractivity contribution is 5.92. The zero-order valence-electron chi connectivity index (χ0n) is 11.3. The van der Waals surface area contributed by atoms with Crippen LogP contribution < -0.4 is 11.3 Å². The number of aromatic nitrogens is 2. The molecule has 19 heavy (non-hydrogen) atoms. The van der Waals surface area contributed by atoms with Crippen molar-refractivity contribution >= 4 is 11.7 Å². The number of nitrogens with one attached hydrogen (secondary N) is 1. The molecule has 7 nitrogen and oxygen atoms in total. The van der Waals surface area contributed by atoms with Crippen molar-refractivity contribution in [2.75, 3.05) is 31.6 Å². The summed E-state index contributed by atoms with van der Waals surface area (Å²) in [4.78, 5) is 24.5. The first-order valence-electron chi connectivity index (χ1n) is 6.44. The monoisotopic (exact) mass is 264 g/mol. The topological polar surface area (TPSA) is 87.4 Å². The maximum absolute atomic E-state index is 12.2. The molecule has 0 spiro atoms. The Morgan fingerprint density at radius 3 is 2.42 bits per heavy atom. The Balaban J connectivity index is 1.97. The molecular weight excluding hydrogens is 244 g/mol. The van der Waals surface area contributed by atoms with Crippen LogP contribution >= 0.6 is 0 Å². The smallest absolute Gasteiger partial charge is 0.274 e. The Labute approximate surface area is 112 Å². The molecule has 0 aliphatic carbocycles. The van der Waals surface area contributed by atoms with Gasteiger partial charge in [0.1, 0.15) is 5.69 Å². The number of nitrogen functional groups attached to an aromatic ring is 1. The maximum Gasteiger partial charge on any atom is 0.274 e. The molecule has 104 valence electrons. The van der Waals surface area contributed by atoms with E-state index in [4.69, 9.17) is 5.84 Å². The molecule has 1 saturated heterocycles. The molecule has 0 bridgehead atoms. The third-order valence-electron chi connectivity index (χ3n) is 3.35. The fourth-order valence-electron chi connectivity index (χ4n) is 2.12. The second-order valence-corrected chi connectivity index (χ2v) is 4.85. The van der Waals surface area contributed by atoms with Crippen molar-refractivity contribution in [3.8, 4) is 0 Å². The largest absolute Gasteiger partial charge is 0.335 e. The fraction of sp³-hybridized carbons (Fsp3) is 0.583. The van der Waals surface area contributed by atoms with E-state index in [2.05, 4.69) is 34.1 Å². The van der Waals surface area contributed by atoms with Crippen LogP contribution in [0.4, 0.5) is 5.82 Å². The van der Waals surface area contributed by atoms with Crippen molar-refractivity contribution < 1.29 is 4.79 Å². The number of nitrogens with zero attached hydrogens (tertiary/aromatic N) is 4. The van der Waals surface area contributed by atoms with E-state index in [1.165, 1.54) is 12.4 Å². The Hall–Kier alpha value is -1.73. The number of anilines is 1. The number of carbonyl (C=O) groups is 1. The predicted octanol–water partition coefficient (Wildman–Crippen LogP) is -0.0716. The number of hydrazine groups is 1. The van der Waals surface area contributed by atoms with E-state index in [0.29, 0.717) is 17.6 Å². The lowest BCUT2D eigenvalue weighted by atomic mass is 10.2. The van der Waals surface area contributed by atoms with Gasteiger partial charge in [-0.1, -0.05) is 0 Å². The molecule has 0 aromatic carbocycles. The van der Waals surface area contributed by atoms with Gasteiger partial charge in [-0.3, -0.25) is 9.69 Å². The lowest BCUT2D eigenvalue weighted by molar-refractivity contribution is 0.0589. The lowest BCUT2D eigenvalue weighted by Crippen LogP contribution is -2.50. The molecule has 1 aromatic rings. The van der Waals surface area contributed by atoms with Crippen molar-refractivity contribution in [2.45, 2.75) is 19.9 Å². The van der Waals surface area contributed by atoms with Gasteiger partial charge in [-0.25, -0.2) is 15.8 Å². The van der Waals surface area contributed by atoms with Crippen LogP contribution in [0.25, 0.3) is 0 Å². The Morgan fingerprint density at radius 2 is 1.95 bits per heavy atom. The van der Waals surface area contributed by atoms with Gasteiger partial charge >= 0.3 is 0 Å². The molecule has 1 aliphatic heterocycles. The summed E-state index contributed by atoms with van der Waals surface area (Å²) >= 11 is 0. The lowest BCUT2D eigenvalue weighted by Gasteiger charge is -2.36. The van der Waals surface area contributed by atoms with E-state index in [1.54, 1.807) is 0 Å². The van der Waals surface area contributed by atoms with Gasteiger partial charge in [0.25, 0.3) is 5.91 Å². The molecule has 1 fully saturated rings. The van der Waals surface area contributed by atoms with Crippen molar-refractivity contribution in [1.29, 1.82) is 0 Å². The second-order valence-electron chi connectivity index (χ2n) is 4.85. The summed E-state index contributed by atoms with van der Waals surface area (Å²) in [7, 11) is 0. The molecule has 1 aliphatic rings. The van der Waals surface area contributed by atoms with Gasteiger partial charge in [0.05, 0.1) is 12.4 Å². The van der Waals surface area contributed by atoms with Crippen molar-refractivity contribution in [3.63, 3.8) is 0 Å². The third-order valence-corrected chi connectivity index (χ3v) is 3.35. The predicted molar refractivity (Wildman–Crippen MR) is 72.5 cm³/mol. The van der Waals surface area contributed by atoms with Crippen LogP contribution in [0.2, 0.25) is 0 Å². The minimum Gasteiger partial charge on any atom is -0.335 e. The normalized spacial score (nSPS) is 16.7. The zero-order valence-corrected chi connectivity index (χ0v) is 11.3. The quantitative estimate of drug-likeness (QED) is 0.587. The van der Waals surface area contributed by atoms with Crippen molar-refractivity contribution in [3.05, 3.63) is 18.1 Å². The molecule has 1 amide bonds. The van der Waals surface area contributed by atoms with Crippen LogP contribution in [0.5, 0.6) is 0 Å². The van der Waals surface area contributed by atoms with Crippen LogP contribution in [0, 0.1) is 0 Å². The maximum atomic E-state index is 12.2. The minimum atomic E-state index is -0.0699. The van der Waals surface area contributed by atoms with Gasteiger partial charge in [0.15, 0.2) is 5.82 Å².